The Balaban J connectivity index is 2.19. The van der Waals surface area contributed by atoms with Gasteiger partial charge in [0.15, 0.2) is 0 Å². The van der Waals surface area contributed by atoms with Crippen LogP contribution in [0.5, 0.6) is 0 Å². The molecule has 0 saturated heterocycles. The van der Waals surface area contributed by atoms with Gasteiger partial charge in [-0.1, -0.05) is 67.9 Å². The fraction of sp³-hybridized carbons (Fsp3) is 0.417. The molecular formula is C24H31ClN2O2. The van der Waals surface area contributed by atoms with E-state index in [2.05, 4.69) is 5.32 Å². The predicted molar refractivity (Wildman–Crippen MR) is 119 cm³/mol. The van der Waals surface area contributed by atoms with Gasteiger partial charge in [-0.2, -0.15) is 0 Å². The summed E-state index contributed by atoms with van der Waals surface area (Å²) in [5.74, 6) is -0.112. The Morgan fingerprint density at radius 3 is 2.21 bits per heavy atom. The first-order chi connectivity index (χ1) is 13.9. The number of nitrogens with one attached hydrogen (secondary N) is 1. The molecule has 156 valence electrons. The molecule has 0 aliphatic heterocycles. The molecule has 0 bridgehead atoms. The molecule has 5 heteroatoms. The van der Waals surface area contributed by atoms with Crippen LogP contribution in [-0.4, -0.2) is 28.8 Å². The van der Waals surface area contributed by atoms with E-state index in [0.29, 0.717) is 30.8 Å². The Hall–Kier alpha value is -2.33. The van der Waals surface area contributed by atoms with Crippen molar-refractivity contribution in [1.82, 2.24) is 10.2 Å². The van der Waals surface area contributed by atoms with Crippen molar-refractivity contribution in [1.29, 1.82) is 0 Å². The van der Waals surface area contributed by atoms with Gasteiger partial charge in [0.2, 0.25) is 11.8 Å². The summed E-state index contributed by atoms with van der Waals surface area (Å²) < 4.78 is 0. The molecule has 0 radical (unpaired) electrons. The maximum Gasteiger partial charge on any atom is 0.243 e. The third-order valence-electron chi connectivity index (χ3n) is 5.12. The zero-order chi connectivity index (χ0) is 21.2. The van der Waals surface area contributed by atoms with E-state index in [0.717, 1.165) is 17.5 Å². The van der Waals surface area contributed by atoms with Gasteiger partial charge in [-0.3, -0.25) is 9.59 Å². The van der Waals surface area contributed by atoms with Gasteiger partial charge in [0, 0.05) is 24.0 Å². The summed E-state index contributed by atoms with van der Waals surface area (Å²) in [5, 5.41) is 3.68. The molecule has 2 aromatic carbocycles. The lowest BCUT2D eigenvalue weighted by molar-refractivity contribution is -0.141. The topological polar surface area (TPSA) is 49.4 Å². The standard InChI is InChI=1S/C24H31ClN2O2/c1-4-18(3)26-24(29)22(5-2)27(17-20-11-14-21(25)15-12-20)23(28)16-13-19-9-7-6-8-10-19/h6-12,14-15,18,22H,4-5,13,16-17H2,1-3H3,(H,26,29). The number of hydrogen-bond acceptors (Lipinski definition) is 2. The van der Waals surface area contributed by atoms with E-state index in [1.807, 2.05) is 75.4 Å². The molecule has 2 unspecified atom stereocenters. The number of carbonyl (C=O) groups is 2. The number of aryl methyl sites for hydroxylation is 1. The average Bonchev–Trinajstić information content (AvgIpc) is 2.73. The minimum atomic E-state index is -0.497. The second-order valence-electron chi connectivity index (χ2n) is 7.38. The lowest BCUT2D eigenvalue weighted by atomic mass is 10.1. The Labute approximate surface area is 179 Å². The first-order valence-electron chi connectivity index (χ1n) is 10.3. The molecule has 4 nitrogen and oxygen atoms in total. The second-order valence-corrected chi connectivity index (χ2v) is 7.81. The Morgan fingerprint density at radius 1 is 0.966 bits per heavy atom. The monoisotopic (exact) mass is 414 g/mol. The molecule has 0 aliphatic rings. The van der Waals surface area contributed by atoms with Crippen molar-refractivity contribution in [3.63, 3.8) is 0 Å². The van der Waals surface area contributed by atoms with Gasteiger partial charge in [-0.25, -0.2) is 0 Å². The maximum absolute atomic E-state index is 13.2. The minimum absolute atomic E-state index is 0.0186. The molecule has 1 N–H and O–H groups in total. The third-order valence-corrected chi connectivity index (χ3v) is 5.38. The van der Waals surface area contributed by atoms with Gasteiger partial charge < -0.3 is 10.2 Å². The molecule has 2 rings (SSSR count). The van der Waals surface area contributed by atoms with Crippen LogP contribution >= 0.6 is 11.6 Å². The number of nitrogens with zero attached hydrogens (tertiary/aromatic N) is 1. The molecule has 2 amide bonds. The number of amides is 2. The first-order valence-corrected chi connectivity index (χ1v) is 10.7. The molecule has 29 heavy (non-hydrogen) atoms. The van der Waals surface area contributed by atoms with Gasteiger partial charge in [-0.05, 0) is 49.4 Å². The van der Waals surface area contributed by atoms with E-state index in [-0.39, 0.29) is 17.9 Å². The molecule has 0 heterocycles. The quantitative estimate of drug-likeness (QED) is 0.595. The van der Waals surface area contributed by atoms with Gasteiger partial charge in [0.05, 0.1) is 0 Å². The summed E-state index contributed by atoms with van der Waals surface area (Å²) in [6, 6.07) is 16.9. The van der Waals surface area contributed by atoms with Crippen molar-refractivity contribution in [2.75, 3.05) is 0 Å². The van der Waals surface area contributed by atoms with Crippen LogP contribution in [0, 0.1) is 0 Å². The highest BCUT2D eigenvalue weighted by molar-refractivity contribution is 6.30. The summed E-state index contributed by atoms with van der Waals surface area (Å²) in [7, 11) is 0. The van der Waals surface area contributed by atoms with Crippen LogP contribution in [-0.2, 0) is 22.6 Å². The van der Waals surface area contributed by atoms with Crippen LogP contribution in [0.25, 0.3) is 0 Å². The maximum atomic E-state index is 13.2. The van der Waals surface area contributed by atoms with Gasteiger partial charge in [0.25, 0.3) is 0 Å². The average molecular weight is 415 g/mol. The highest BCUT2D eigenvalue weighted by Crippen LogP contribution is 2.17. The number of rotatable bonds is 10. The molecule has 0 fully saturated rings. The van der Waals surface area contributed by atoms with Crippen molar-refractivity contribution >= 4 is 23.4 Å². The molecule has 2 aromatic rings. The molecular weight excluding hydrogens is 384 g/mol. The predicted octanol–water partition coefficient (Wildman–Crippen LogP) is 4.99. The van der Waals surface area contributed by atoms with Crippen LogP contribution in [0.3, 0.4) is 0 Å². The van der Waals surface area contributed by atoms with Crippen LogP contribution in [0.2, 0.25) is 5.02 Å². The summed E-state index contributed by atoms with van der Waals surface area (Å²) in [5.41, 5.74) is 2.07. The Kier molecular flexibility index (Phi) is 9.20. The zero-order valence-corrected chi connectivity index (χ0v) is 18.3. The fourth-order valence-corrected chi connectivity index (χ4v) is 3.31. The van der Waals surface area contributed by atoms with Gasteiger partial charge >= 0.3 is 0 Å². The van der Waals surface area contributed by atoms with Crippen molar-refractivity contribution in [2.24, 2.45) is 0 Å². The zero-order valence-electron chi connectivity index (χ0n) is 17.5. The van der Waals surface area contributed by atoms with E-state index >= 15 is 0 Å². The van der Waals surface area contributed by atoms with E-state index in [4.69, 9.17) is 11.6 Å². The van der Waals surface area contributed by atoms with Gasteiger partial charge in [0.1, 0.15) is 6.04 Å². The van der Waals surface area contributed by atoms with Crippen molar-refractivity contribution in [2.45, 2.75) is 65.1 Å². The number of hydrogen-bond donors (Lipinski definition) is 1. The Bertz CT molecular complexity index is 777. The van der Waals surface area contributed by atoms with Crippen molar-refractivity contribution < 1.29 is 9.59 Å². The summed E-state index contributed by atoms with van der Waals surface area (Å²) in [6.07, 6.45) is 2.43. The fourth-order valence-electron chi connectivity index (χ4n) is 3.19. The Morgan fingerprint density at radius 2 is 1.62 bits per heavy atom. The van der Waals surface area contributed by atoms with Crippen LogP contribution in [0.1, 0.15) is 51.2 Å². The van der Waals surface area contributed by atoms with E-state index in [9.17, 15) is 9.59 Å². The molecule has 0 saturated carbocycles. The van der Waals surface area contributed by atoms with E-state index in [1.54, 1.807) is 4.90 Å². The normalized spacial score (nSPS) is 12.8. The van der Waals surface area contributed by atoms with Gasteiger partial charge in [-0.15, -0.1) is 0 Å². The molecule has 0 aliphatic carbocycles. The second kappa shape index (κ2) is 11.6. The highest BCUT2D eigenvalue weighted by atomic mass is 35.5. The lowest BCUT2D eigenvalue weighted by Gasteiger charge is -2.31. The third kappa shape index (κ3) is 7.21. The SMILES string of the molecule is CCC(C)NC(=O)C(CC)N(Cc1ccc(Cl)cc1)C(=O)CCc1ccccc1. The van der Waals surface area contributed by atoms with E-state index in [1.165, 1.54) is 0 Å². The van der Waals surface area contributed by atoms with E-state index < -0.39 is 6.04 Å². The van der Waals surface area contributed by atoms with Crippen LogP contribution in [0.4, 0.5) is 0 Å². The molecule has 0 aromatic heterocycles. The van der Waals surface area contributed by atoms with Crippen molar-refractivity contribution in [3.05, 3.63) is 70.7 Å². The molecule has 2 atom stereocenters. The number of carbonyl (C=O) groups excluding carboxylic acids is 2. The first kappa shape index (κ1) is 23.0. The summed E-state index contributed by atoms with van der Waals surface area (Å²) in [6.45, 7) is 6.34. The summed E-state index contributed by atoms with van der Waals surface area (Å²) in [4.78, 5) is 27.8. The summed E-state index contributed by atoms with van der Waals surface area (Å²) >= 11 is 6.00. The largest absolute Gasteiger partial charge is 0.352 e. The molecule has 0 spiro atoms. The lowest BCUT2D eigenvalue weighted by Crippen LogP contribution is -2.50. The highest BCUT2D eigenvalue weighted by Gasteiger charge is 2.28. The minimum Gasteiger partial charge on any atom is -0.352 e. The van der Waals surface area contributed by atoms with Crippen molar-refractivity contribution in [3.8, 4) is 0 Å². The van der Waals surface area contributed by atoms with Crippen LogP contribution < -0.4 is 5.32 Å². The number of halogens is 1. The number of benzene rings is 2. The van der Waals surface area contributed by atoms with Crippen LogP contribution in [0.15, 0.2) is 54.6 Å². The smallest absolute Gasteiger partial charge is 0.243 e.